The molecule has 0 aromatic heterocycles. The highest BCUT2D eigenvalue weighted by molar-refractivity contribution is 6.02. The van der Waals surface area contributed by atoms with Crippen LogP contribution in [0, 0.1) is 16.0 Å². The van der Waals surface area contributed by atoms with Gasteiger partial charge in [-0.1, -0.05) is 26.0 Å². The molecular weight excluding hydrogens is 360 g/mol. The van der Waals surface area contributed by atoms with E-state index < -0.39 is 16.8 Å². The van der Waals surface area contributed by atoms with E-state index in [1.807, 2.05) is 0 Å². The lowest BCUT2D eigenvalue weighted by Gasteiger charge is -2.07. The number of nitrogens with one attached hydrogen (secondary N) is 1. The second-order valence-electron chi connectivity index (χ2n) is 6.57. The molecule has 0 unspecified atom stereocenters. The first-order valence-electron chi connectivity index (χ1n) is 8.86. The Morgan fingerprint density at radius 2 is 1.89 bits per heavy atom. The molecule has 0 aliphatic heterocycles. The molecule has 0 aliphatic rings. The van der Waals surface area contributed by atoms with E-state index in [-0.39, 0.29) is 5.69 Å². The number of hydrogen-bond acceptors (Lipinski definition) is 5. The largest absolute Gasteiger partial charge is 0.462 e. The summed E-state index contributed by atoms with van der Waals surface area (Å²) in [7, 11) is 0. The molecule has 0 saturated carbocycles. The van der Waals surface area contributed by atoms with Crippen LogP contribution in [0.5, 0.6) is 0 Å². The van der Waals surface area contributed by atoms with E-state index >= 15 is 0 Å². The number of nitro groups is 1. The first kappa shape index (κ1) is 20.8. The summed E-state index contributed by atoms with van der Waals surface area (Å²) in [5, 5.41) is 13.4. The van der Waals surface area contributed by atoms with Crippen LogP contribution in [-0.4, -0.2) is 23.4 Å². The van der Waals surface area contributed by atoms with E-state index in [1.54, 1.807) is 36.4 Å². The van der Waals surface area contributed by atoms with Crippen molar-refractivity contribution in [1.82, 2.24) is 0 Å². The second kappa shape index (κ2) is 10.0. The SMILES string of the molecule is CC(C)CCOC(=O)c1ccc(NC(=O)/C=C/c2cccc([N+](=O)[O-])c2)cc1. The average Bonchev–Trinajstić information content (AvgIpc) is 2.67. The van der Waals surface area contributed by atoms with Crippen molar-refractivity contribution in [1.29, 1.82) is 0 Å². The molecule has 0 bridgehead atoms. The monoisotopic (exact) mass is 382 g/mol. The maximum absolute atomic E-state index is 12.0. The van der Waals surface area contributed by atoms with Crippen LogP contribution < -0.4 is 5.32 Å². The van der Waals surface area contributed by atoms with Crippen LogP contribution in [0.4, 0.5) is 11.4 Å². The van der Waals surface area contributed by atoms with Crippen molar-refractivity contribution in [2.45, 2.75) is 20.3 Å². The molecule has 2 aromatic rings. The molecule has 2 rings (SSSR count). The quantitative estimate of drug-likeness (QED) is 0.315. The van der Waals surface area contributed by atoms with E-state index in [4.69, 9.17) is 4.74 Å². The van der Waals surface area contributed by atoms with Gasteiger partial charge in [0.15, 0.2) is 0 Å². The van der Waals surface area contributed by atoms with Gasteiger partial charge in [0, 0.05) is 23.9 Å². The Balaban J connectivity index is 1.91. The number of carbonyl (C=O) groups excluding carboxylic acids is 2. The number of nitrogens with zero attached hydrogens (tertiary/aromatic N) is 1. The third-order valence-corrected chi connectivity index (χ3v) is 3.82. The van der Waals surface area contributed by atoms with E-state index in [0.29, 0.717) is 29.3 Å². The number of carbonyl (C=O) groups is 2. The van der Waals surface area contributed by atoms with Crippen molar-refractivity contribution in [3.63, 3.8) is 0 Å². The molecule has 0 atom stereocenters. The zero-order valence-corrected chi connectivity index (χ0v) is 15.8. The number of benzene rings is 2. The van der Waals surface area contributed by atoms with Gasteiger partial charge in [-0.3, -0.25) is 14.9 Å². The van der Waals surface area contributed by atoms with Crippen LogP contribution in [-0.2, 0) is 9.53 Å². The summed E-state index contributed by atoms with van der Waals surface area (Å²) in [6, 6.07) is 12.4. The number of ether oxygens (including phenoxy) is 1. The van der Waals surface area contributed by atoms with Gasteiger partial charge >= 0.3 is 5.97 Å². The Morgan fingerprint density at radius 1 is 1.18 bits per heavy atom. The lowest BCUT2D eigenvalue weighted by atomic mass is 10.1. The van der Waals surface area contributed by atoms with Gasteiger partial charge in [0.05, 0.1) is 17.1 Å². The zero-order chi connectivity index (χ0) is 20.5. The molecule has 7 nitrogen and oxygen atoms in total. The van der Waals surface area contributed by atoms with Crippen molar-refractivity contribution in [3.8, 4) is 0 Å². The summed E-state index contributed by atoms with van der Waals surface area (Å²) >= 11 is 0. The van der Waals surface area contributed by atoms with Gasteiger partial charge < -0.3 is 10.1 Å². The third kappa shape index (κ3) is 6.68. The highest BCUT2D eigenvalue weighted by Gasteiger charge is 2.08. The number of amides is 1. The molecule has 0 fully saturated rings. The number of nitro benzene ring substituents is 1. The van der Waals surface area contributed by atoms with Crippen molar-refractivity contribution < 1.29 is 19.2 Å². The van der Waals surface area contributed by atoms with Crippen molar-refractivity contribution in [2.24, 2.45) is 5.92 Å². The summed E-state index contributed by atoms with van der Waals surface area (Å²) in [6.07, 6.45) is 3.58. The maximum atomic E-state index is 12.0. The van der Waals surface area contributed by atoms with E-state index in [1.165, 1.54) is 24.3 Å². The van der Waals surface area contributed by atoms with E-state index in [2.05, 4.69) is 19.2 Å². The molecule has 0 heterocycles. The first-order chi connectivity index (χ1) is 13.3. The fraction of sp³-hybridized carbons (Fsp3) is 0.238. The van der Waals surface area contributed by atoms with Crippen LogP contribution in [0.2, 0.25) is 0 Å². The van der Waals surface area contributed by atoms with Gasteiger partial charge in [0.2, 0.25) is 5.91 Å². The highest BCUT2D eigenvalue weighted by Crippen LogP contribution is 2.15. The highest BCUT2D eigenvalue weighted by atomic mass is 16.6. The van der Waals surface area contributed by atoms with Gasteiger partial charge in [-0.15, -0.1) is 0 Å². The Bertz CT molecular complexity index is 873. The summed E-state index contributed by atoms with van der Waals surface area (Å²) in [5.41, 5.74) is 1.43. The Morgan fingerprint density at radius 3 is 2.54 bits per heavy atom. The minimum atomic E-state index is -0.493. The number of esters is 1. The summed E-state index contributed by atoms with van der Waals surface area (Å²) in [6.45, 7) is 4.48. The van der Waals surface area contributed by atoms with E-state index in [9.17, 15) is 19.7 Å². The summed E-state index contributed by atoms with van der Waals surface area (Å²) in [4.78, 5) is 34.2. The van der Waals surface area contributed by atoms with Crippen LogP contribution >= 0.6 is 0 Å². The molecule has 28 heavy (non-hydrogen) atoms. The Hall–Kier alpha value is -3.48. The van der Waals surface area contributed by atoms with Crippen LogP contribution in [0.3, 0.4) is 0 Å². The van der Waals surface area contributed by atoms with Gasteiger partial charge in [-0.2, -0.15) is 0 Å². The lowest BCUT2D eigenvalue weighted by molar-refractivity contribution is -0.384. The Labute approximate surface area is 163 Å². The predicted octanol–water partition coefficient (Wildman–Crippen LogP) is 4.45. The number of anilines is 1. The van der Waals surface area contributed by atoms with Gasteiger partial charge in [0.1, 0.15) is 0 Å². The molecule has 1 N–H and O–H groups in total. The molecule has 2 aromatic carbocycles. The normalized spacial score (nSPS) is 10.8. The number of hydrogen-bond donors (Lipinski definition) is 1. The molecule has 0 radical (unpaired) electrons. The van der Waals surface area contributed by atoms with Crippen LogP contribution in [0.25, 0.3) is 6.08 Å². The first-order valence-corrected chi connectivity index (χ1v) is 8.86. The van der Waals surface area contributed by atoms with Crippen molar-refractivity contribution in [2.75, 3.05) is 11.9 Å². The molecule has 146 valence electrons. The molecule has 0 aliphatic carbocycles. The van der Waals surface area contributed by atoms with Gasteiger partial charge in [-0.25, -0.2) is 4.79 Å². The standard InChI is InChI=1S/C21H22N2O5/c1-15(2)12-13-28-21(25)17-7-9-18(10-8-17)22-20(24)11-6-16-4-3-5-19(14-16)23(26)27/h3-11,14-15H,12-13H2,1-2H3,(H,22,24)/b11-6+. The maximum Gasteiger partial charge on any atom is 0.338 e. The predicted molar refractivity (Wildman–Crippen MR) is 107 cm³/mol. The number of rotatable bonds is 8. The number of non-ortho nitro benzene ring substituents is 1. The second-order valence-corrected chi connectivity index (χ2v) is 6.57. The topological polar surface area (TPSA) is 98.5 Å². The Kier molecular flexibility index (Phi) is 7.45. The lowest BCUT2D eigenvalue weighted by Crippen LogP contribution is -2.10. The van der Waals surface area contributed by atoms with Crippen molar-refractivity contribution in [3.05, 3.63) is 75.8 Å². The van der Waals surface area contributed by atoms with Gasteiger partial charge in [0.25, 0.3) is 5.69 Å². The third-order valence-electron chi connectivity index (χ3n) is 3.82. The molecular formula is C21H22N2O5. The molecule has 0 spiro atoms. The molecule has 7 heteroatoms. The summed E-state index contributed by atoms with van der Waals surface area (Å²) in [5.74, 6) is -0.330. The van der Waals surface area contributed by atoms with Gasteiger partial charge in [-0.05, 0) is 48.2 Å². The van der Waals surface area contributed by atoms with Crippen LogP contribution in [0.15, 0.2) is 54.6 Å². The average molecular weight is 382 g/mol. The summed E-state index contributed by atoms with van der Waals surface area (Å²) < 4.78 is 5.19. The smallest absolute Gasteiger partial charge is 0.338 e. The zero-order valence-electron chi connectivity index (χ0n) is 15.8. The minimum Gasteiger partial charge on any atom is -0.462 e. The molecule has 1 amide bonds. The minimum absolute atomic E-state index is 0.0431. The van der Waals surface area contributed by atoms with Crippen LogP contribution in [0.1, 0.15) is 36.2 Å². The fourth-order valence-corrected chi connectivity index (χ4v) is 2.26. The molecule has 0 saturated heterocycles. The van der Waals surface area contributed by atoms with E-state index in [0.717, 1.165) is 6.42 Å². The fourth-order valence-electron chi connectivity index (χ4n) is 2.26. The van der Waals surface area contributed by atoms with Crippen molar-refractivity contribution >= 4 is 29.3 Å².